The molecule has 0 radical (unpaired) electrons. The quantitative estimate of drug-likeness (QED) is 0.650. The van der Waals surface area contributed by atoms with Crippen molar-refractivity contribution in [2.75, 3.05) is 12.4 Å². The van der Waals surface area contributed by atoms with Crippen LogP contribution in [0.1, 0.15) is 37.0 Å². The smallest absolute Gasteiger partial charge is 0.328 e. The molecule has 1 aliphatic rings. The molecule has 0 unspecified atom stereocenters. The molecule has 2 rings (SSSR count). The number of ether oxygens (including phenoxy) is 1. The molecule has 2 atom stereocenters. The van der Waals surface area contributed by atoms with Crippen LogP contribution in [0.3, 0.4) is 0 Å². The summed E-state index contributed by atoms with van der Waals surface area (Å²) in [7, 11) is 1.26. The lowest BCUT2D eigenvalue weighted by Gasteiger charge is -2.20. The molecule has 0 saturated heterocycles. The van der Waals surface area contributed by atoms with Crippen molar-refractivity contribution in [3.63, 3.8) is 0 Å². The Balaban J connectivity index is 1.97. The number of anilines is 1. The summed E-state index contributed by atoms with van der Waals surface area (Å²) in [5.41, 5.74) is 0.811. The van der Waals surface area contributed by atoms with Crippen LogP contribution in [0.25, 0.3) is 0 Å². The lowest BCUT2D eigenvalue weighted by molar-refractivity contribution is -0.146. The number of methoxy groups -OCH3 is 1. The van der Waals surface area contributed by atoms with Crippen molar-refractivity contribution in [1.82, 2.24) is 10.6 Å². The molecule has 8 nitrogen and oxygen atoms in total. The number of hydrogen-bond acceptors (Lipinski definition) is 5. The summed E-state index contributed by atoms with van der Waals surface area (Å²) in [6.45, 7) is 3.58. The number of carbonyl (C=O) groups excluding carboxylic acids is 4. The Labute approximate surface area is 151 Å². The summed E-state index contributed by atoms with van der Waals surface area (Å²) >= 11 is 0. The van der Waals surface area contributed by atoms with Gasteiger partial charge in [0.1, 0.15) is 12.1 Å². The summed E-state index contributed by atoms with van der Waals surface area (Å²) in [6.07, 6.45) is 0.0955. The molecule has 8 heteroatoms. The average molecular weight is 361 g/mol. The van der Waals surface area contributed by atoms with Gasteiger partial charge in [0.2, 0.25) is 11.8 Å². The molecule has 1 aromatic rings. The van der Waals surface area contributed by atoms with Crippen molar-refractivity contribution >= 4 is 29.4 Å². The highest BCUT2D eigenvalue weighted by atomic mass is 16.5. The fourth-order valence-electron chi connectivity index (χ4n) is 2.66. The summed E-state index contributed by atoms with van der Waals surface area (Å²) in [4.78, 5) is 48.4. The monoisotopic (exact) mass is 361 g/mol. The average Bonchev–Trinajstić information content (AvgIpc) is 2.73. The second kappa shape index (κ2) is 8.46. The predicted molar refractivity (Wildman–Crippen MR) is 94.3 cm³/mol. The van der Waals surface area contributed by atoms with Gasteiger partial charge in [0.15, 0.2) is 0 Å². The van der Waals surface area contributed by atoms with Gasteiger partial charge in [0.25, 0.3) is 5.91 Å². The number of para-hydroxylation sites is 1. The topological polar surface area (TPSA) is 114 Å². The van der Waals surface area contributed by atoms with Gasteiger partial charge in [-0.15, -0.1) is 0 Å². The van der Waals surface area contributed by atoms with Crippen molar-refractivity contribution < 1.29 is 23.9 Å². The van der Waals surface area contributed by atoms with Gasteiger partial charge in [-0.2, -0.15) is 0 Å². The standard InChI is InChI=1S/C18H23N3O5/c1-10(2)15(18(25)26-3)21-14(22)9-8-13-17(24)19-12-7-5-4-6-11(12)16(23)20-13/h4-7,10,13,15H,8-9H2,1-3H3,(H,19,24)(H,20,23)(H,21,22)/t13-,15+/m0/s1. The number of nitrogens with one attached hydrogen (secondary N) is 3. The molecule has 0 saturated carbocycles. The van der Waals surface area contributed by atoms with E-state index in [2.05, 4.69) is 20.7 Å². The van der Waals surface area contributed by atoms with Crippen LogP contribution in [0.15, 0.2) is 24.3 Å². The van der Waals surface area contributed by atoms with Gasteiger partial charge in [-0.3, -0.25) is 14.4 Å². The summed E-state index contributed by atoms with van der Waals surface area (Å²) < 4.78 is 4.68. The van der Waals surface area contributed by atoms with E-state index in [-0.39, 0.29) is 30.6 Å². The predicted octanol–water partition coefficient (Wildman–Crippen LogP) is 0.831. The van der Waals surface area contributed by atoms with Gasteiger partial charge in [0.05, 0.1) is 18.4 Å². The highest BCUT2D eigenvalue weighted by molar-refractivity contribution is 6.09. The van der Waals surface area contributed by atoms with E-state index in [4.69, 9.17) is 0 Å². The lowest BCUT2D eigenvalue weighted by atomic mass is 10.0. The zero-order valence-corrected chi connectivity index (χ0v) is 15.0. The number of rotatable bonds is 6. The Morgan fingerprint density at radius 3 is 2.58 bits per heavy atom. The third-order valence-corrected chi connectivity index (χ3v) is 4.15. The van der Waals surface area contributed by atoms with E-state index >= 15 is 0 Å². The van der Waals surface area contributed by atoms with E-state index in [1.165, 1.54) is 7.11 Å². The van der Waals surface area contributed by atoms with Crippen LogP contribution >= 0.6 is 0 Å². The number of hydrogen-bond donors (Lipinski definition) is 3. The number of fused-ring (bicyclic) bond motifs is 1. The minimum Gasteiger partial charge on any atom is -0.467 e. The molecule has 1 heterocycles. The molecule has 3 amide bonds. The number of benzene rings is 1. The molecule has 0 aromatic heterocycles. The molecule has 140 valence electrons. The van der Waals surface area contributed by atoms with Gasteiger partial charge in [-0.05, 0) is 24.5 Å². The maximum absolute atomic E-state index is 12.3. The van der Waals surface area contributed by atoms with Crippen molar-refractivity contribution in [2.24, 2.45) is 5.92 Å². The number of carbonyl (C=O) groups is 4. The van der Waals surface area contributed by atoms with Gasteiger partial charge < -0.3 is 20.7 Å². The Hall–Kier alpha value is -2.90. The molecule has 0 aliphatic carbocycles. The Kier molecular flexibility index (Phi) is 6.32. The Bertz CT molecular complexity index is 717. The zero-order chi connectivity index (χ0) is 19.3. The largest absolute Gasteiger partial charge is 0.467 e. The Morgan fingerprint density at radius 1 is 1.23 bits per heavy atom. The van der Waals surface area contributed by atoms with E-state index < -0.39 is 24.0 Å². The third kappa shape index (κ3) is 4.59. The van der Waals surface area contributed by atoms with E-state index in [9.17, 15) is 19.2 Å². The molecule has 1 aliphatic heterocycles. The first-order chi connectivity index (χ1) is 12.3. The summed E-state index contributed by atoms with van der Waals surface area (Å²) in [5, 5.41) is 7.92. The number of esters is 1. The first-order valence-corrected chi connectivity index (χ1v) is 8.41. The maximum atomic E-state index is 12.3. The highest BCUT2D eigenvalue weighted by Gasteiger charge is 2.29. The second-order valence-electron chi connectivity index (χ2n) is 6.41. The van der Waals surface area contributed by atoms with E-state index in [0.717, 1.165) is 0 Å². The third-order valence-electron chi connectivity index (χ3n) is 4.15. The molecule has 26 heavy (non-hydrogen) atoms. The molecule has 3 N–H and O–H groups in total. The molecule has 0 spiro atoms. The van der Waals surface area contributed by atoms with Crippen LogP contribution in [0, 0.1) is 5.92 Å². The van der Waals surface area contributed by atoms with Crippen molar-refractivity contribution in [3.05, 3.63) is 29.8 Å². The first-order valence-electron chi connectivity index (χ1n) is 8.41. The van der Waals surface area contributed by atoms with Crippen LogP contribution in [0.2, 0.25) is 0 Å². The summed E-state index contributed by atoms with van der Waals surface area (Å²) in [5.74, 6) is -1.81. The fraction of sp³-hybridized carbons (Fsp3) is 0.444. The minimum atomic E-state index is -0.837. The lowest BCUT2D eigenvalue weighted by Crippen LogP contribution is -2.46. The number of amides is 3. The Morgan fingerprint density at radius 2 is 1.92 bits per heavy atom. The summed E-state index contributed by atoms with van der Waals surface area (Å²) in [6, 6.07) is 5.09. The van der Waals surface area contributed by atoms with Crippen LogP contribution < -0.4 is 16.0 Å². The molecule has 0 bridgehead atoms. The van der Waals surface area contributed by atoms with Crippen molar-refractivity contribution in [1.29, 1.82) is 0 Å². The van der Waals surface area contributed by atoms with Gasteiger partial charge >= 0.3 is 5.97 Å². The normalized spacial score (nSPS) is 17.5. The first kappa shape index (κ1) is 19.4. The van der Waals surface area contributed by atoms with Crippen molar-refractivity contribution in [3.8, 4) is 0 Å². The van der Waals surface area contributed by atoms with Gasteiger partial charge in [-0.25, -0.2) is 4.79 Å². The molecule has 0 fully saturated rings. The van der Waals surface area contributed by atoms with E-state index in [1.54, 1.807) is 38.1 Å². The molecular weight excluding hydrogens is 338 g/mol. The maximum Gasteiger partial charge on any atom is 0.328 e. The van der Waals surface area contributed by atoms with E-state index in [0.29, 0.717) is 11.3 Å². The fourth-order valence-corrected chi connectivity index (χ4v) is 2.66. The highest BCUT2D eigenvalue weighted by Crippen LogP contribution is 2.19. The van der Waals surface area contributed by atoms with Crippen LogP contribution in [-0.4, -0.2) is 42.9 Å². The second-order valence-corrected chi connectivity index (χ2v) is 6.41. The van der Waals surface area contributed by atoms with Crippen LogP contribution in [0.5, 0.6) is 0 Å². The van der Waals surface area contributed by atoms with Gasteiger partial charge in [-0.1, -0.05) is 26.0 Å². The SMILES string of the molecule is COC(=O)[C@H](NC(=O)CC[C@@H]1NC(=O)c2ccccc2NC1=O)C(C)C. The van der Waals surface area contributed by atoms with E-state index in [1.807, 2.05) is 0 Å². The minimum absolute atomic E-state index is 0.0189. The van der Waals surface area contributed by atoms with Crippen LogP contribution in [0.4, 0.5) is 5.69 Å². The van der Waals surface area contributed by atoms with Crippen LogP contribution in [-0.2, 0) is 19.1 Å². The molecule has 1 aromatic carbocycles. The van der Waals surface area contributed by atoms with Gasteiger partial charge in [0, 0.05) is 6.42 Å². The molecular formula is C18H23N3O5. The van der Waals surface area contributed by atoms with Crippen molar-refractivity contribution in [2.45, 2.75) is 38.8 Å². The zero-order valence-electron chi connectivity index (χ0n) is 15.0.